The highest BCUT2D eigenvalue weighted by atomic mass is 35.5. The van der Waals surface area contributed by atoms with Crippen LogP contribution in [0.25, 0.3) is 0 Å². The van der Waals surface area contributed by atoms with E-state index in [1.807, 2.05) is 11.6 Å². The van der Waals surface area contributed by atoms with Gasteiger partial charge in [-0.1, -0.05) is 24.9 Å². The van der Waals surface area contributed by atoms with Gasteiger partial charge >= 0.3 is 12.0 Å². The predicted molar refractivity (Wildman–Crippen MR) is 102 cm³/mol. The molecule has 0 unspecified atom stereocenters. The molecule has 0 aliphatic carbocycles. The summed E-state index contributed by atoms with van der Waals surface area (Å²) in [4.78, 5) is 23.7. The lowest BCUT2D eigenvalue weighted by molar-refractivity contribution is 0.0499. The largest absolute Gasteiger partial charge is 0.462 e. The van der Waals surface area contributed by atoms with Crippen molar-refractivity contribution in [2.75, 3.05) is 11.9 Å². The van der Waals surface area contributed by atoms with Gasteiger partial charge in [0.25, 0.3) is 10.0 Å². The summed E-state index contributed by atoms with van der Waals surface area (Å²) in [6.07, 6.45) is 1.71. The number of halogens is 1. The molecule has 0 fully saturated rings. The Kier molecular flexibility index (Phi) is 7.20. The lowest BCUT2D eigenvalue weighted by Crippen LogP contribution is -2.34. The van der Waals surface area contributed by atoms with Crippen LogP contribution in [0, 0.1) is 0 Å². The highest BCUT2D eigenvalue weighted by Crippen LogP contribution is 2.15. The molecule has 27 heavy (non-hydrogen) atoms. The minimum atomic E-state index is -4.03. The fourth-order valence-corrected chi connectivity index (χ4v) is 3.07. The number of ether oxygens (including phenoxy) is 1. The topological polar surface area (TPSA) is 102 Å². The Morgan fingerprint density at radius 1 is 1.04 bits per heavy atom. The number of carbonyl (C=O) groups excluding carboxylic acids is 2. The summed E-state index contributed by atoms with van der Waals surface area (Å²) in [5, 5.41) is 2.77. The van der Waals surface area contributed by atoms with Crippen molar-refractivity contribution in [1.29, 1.82) is 0 Å². The molecule has 0 saturated heterocycles. The Bertz CT molecular complexity index is 896. The van der Waals surface area contributed by atoms with Crippen LogP contribution in [0.15, 0.2) is 53.4 Å². The van der Waals surface area contributed by atoms with Gasteiger partial charge in [0.2, 0.25) is 0 Å². The van der Waals surface area contributed by atoms with Gasteiger partial charge in [-0.3, -0.25) is 0 Å². The number of benzene rings is 2. The monoisotopic (exact) mass is 410 g/mol. The fraction of sp³-hybridized carbons (Fsp3) is 0.222. The van der Waals surface area contributed by atoms with E-state index in [0.29, 0.717) is 22.9 Å². The van der Waals surface area contributed by atoms with E-state index < -0.39 is 22.0 Å². The molecule has 7 nitrogen and oxygen atoms in total. The van der Waals surface area contributed by atoms with E-state index in [9.17, 15) is 18.0 Å². The smallest absolute Gasteiger partial charge is 0.338 e. The Labute approximate surface area is 162 Å². The van der Waals surface area contributed by atoms with Gasteiger partial charge in [0.05, 0.1) is 17.1 Å². The first kappa shape index (κ1) is 20.7. The Morgan fingerprint density at radius 2 is 1.67 bits per heavy atom. The second-order valence-electron chi connectivity index (χ2n) is 5.58. The van der Waals surface area contributed by atoms with Gasteiger partial charge in [-0.05, 0) is 55.0 Å². The number of hydrogen-bond acceptors (Lipinski definition) is 5. The molecule has 0 radical (unpaired) electrons. The molecular weight excluding hydrogens is 392 g/mol. The van der Waals surface area contributed by atoms with Crippen LogP contribution in [0.3, 0.4) is 0 Å². The number of sulfonamides is 1. The molecule has 0 spiro atoms. The molecule has 9 heteroatoms. The van der Waals surface area contributed by atoms with E-state index in [0.717, 1.165) is 12.8 Å². The summed E-state index contributed by atoms with van der Waals surface area (Å²) in [5.74, 6) is -0.454. The van der Waals surface area contributed by atoms with Crippen molar-refractivity contribution in [1.82, 2.24) is 4.72 Å². The molecule has 2 aromatic rings. The van der Waals surface area contributed by atoms with E-state index >= 15 is 0 Å². The van der Waals surface area contributed by atoms with Crippen molar-refractivity contribution < 1.29 is 22.7 Å². The van der Waals surface area contributed by atoms with Gasteiger partial charge in [0.1, 0.15) is 0 Å². The van der Waals surface area contributed by atoms with Crippen LogP contribution < -0.4 is 10.0 Å². The van der Waals surface area contributed by atoms with Gasteiger partial charge in [-0.25, -0.2) is 22.7 Å². The summed E-state index contributed by atoms with van der Waals surface area (Å²) in [7, 11) is -4.03. The zero-order valence-corrected chi connectivity index (χ0v) is 16.1. The first-order valence-electron chi connectivity index (χ1n) is 8.18. The quantitative estimate of drug-likeness (QED) is 0.533. The lowest BCUT2D eigenvalue weighted by Gasteiger charge is -2.09. The van der Waals surface area contributed by atoms with Crippen LogP contribution in [0.1, 0.15) is 30.1 Å². The third kappa shape index (κ3) is 6.26. The molecule has 0 saturated carbocycles. The molecule has 0 bridgehead atoms. The van der Waals surface area contributed by atoms with Gasteiger partial charge in [-0.2, -0.15) is 0 Å². The molecule has 0 heterocycles. The average Bonchev–Trinajstić information content (AvgIpc) is 2.62. The fourth-order valence-electron chi connectivity index (χ4n) is 2.03. The van der Waals surface area contributed by atoms with Crippen molar-refractivity contribution >= 4 is 39.3 Å². The minimum absolute atomic E-state index is 0.0905. The van der Waals surface area contributed by atoms with Crippen LogP contribution in [-0.4, -0.2) is 27.0 Å². The van der Waals surface area contributed by atoms with Crippen molar-refractivity contribution in [2.45, 2.75) is 24.7 Å². The molecular formula is C18H19ClN2O5S. The molecule has 0 aliphatic heterocycles. The number of esters is 1. The Balaban J connectivity index is 1.95. The lowest BCUT2D eigenvalue weighted by atomic mass is 10.2. The van der Waals surface area contributed by atoms with Crippen LogP contribution in [0.4, 0.5) is 10.5 Å². The second kappa shape index (κ2) is 9.38. The zero-order chi connectivity index (χ0) is 19.9. The van der Waals surface area contributed by atoms with Gasteiger partial charge < -0.3 is 10.1 Å². The second-order valence-corrected chi connectivity index (χ2v) is 7.70. The van der Waals surface area contributed by atoms with Crippen molar-refractivity contribution in [3.05, 3.63) is 59.1 Å². The van der Waals surface area contributed by atoms with E-state index in [-0.39, 0.29) is 4.90 Å². The number of anilines is 1. The summed E-state index contributed by atoms with van der Waals surface area (Å²) in [6.45, 7) is 2.34. The van der Waals surface area contributed by atoms with Gasteiger partial charge in [-0.15, -0.1) is 0 Å². The van der Waals surface area contributed by atoms with E-state index in [2.05, 4.69) is 5.32 Å². The maximum absolute atomic E-state index is 12.1. The first-order chi connectivity index (χ1) is 12.8. The summed E-state index contributed by atoms with van der Waals surface area (Å²) in [5.41, 5.74) is 0.662. The molecule has 0 aromatic heterocycles. The van der Waals surface area contributed by atoms with Crippen LogP contribution in [0.5, 0.6) is 0 Å². The number of rotatable bonds is 7. The van der Waals surface area contributed by atoms with Crippen LogP contribution >= 0.6 is 11.6 Å². The molecule has 2 rings (SSSR count). The number of carbonyl (C=O) groups is 2. The molecule has 2 amide bonds. The van der Waals surface area contributed by atoms with Gasteiger partial charge in [0.15, 0.2) is 0 Å². The third-order valence-electron chi connectivity index (χ3n) is 3.46. The SMILES string of the molecule is CCCCOC(=O)c1ccc(NC(=O)NS(=O)(=O)c2ccc(Cl)cc2)cc1. The van der Waals surface area contributed by atoms with E-state index in [1.54, 1.807) is 0 Å². The molecule has 144 valence electrons. The normalized spacial score (nSPS) is 10.9. The van der Waals surface area contributed by atoms with E-state index in [4.69, 9.17) is 16.3 Å². The summed E-state index contributed by atoms with van der Waals surface area (Å²) >= 11 is 5.72. The number of urea groups is 1. The number of nitrogens with one attached hydrogen (secondary N) is 2. The van der Waals surface area contributed by atoms with Crippen LogP contribution in [0.2, 0.25) is 5.02 Å². The Morgan fingerprint density at radius 3 is 2.26 bits per heavy atom. The van der Waals surface area contributed by atoms with Crippen LogP contribution in [-0.2, 0) is 14.8 Å². The van der Waals surface area contributed by atoms with E-state index in [1.165, 1.54) is 48.5 Å². The first-order valence-corrected chi connectivity index (χ1v) is 10.0. The highest BCUT2D eigenvalue weighted by molar-refractivity contribution is 7.90. The minimum Gasteiger partial charge on any atom is -0.462 e. The summed E-state index contributed by atoms with van der Waals surface area (Å²) < 4.78 is 31.3. The number of amides is 2. The molecule has 0 atom stereocenters. The van der Waals surface area contributed by atoms with Crippen molar-refractivity contribution in [3.63, 3.8) is 0 Å². The number of hydrogen-bond donors (Lipinski definition) is 2. The predicted octanol–water partition coefficient (Wildman–Crippen LogP) is 3.81. The summed E-state index contributed by atoms with van der Waals surface area (Å²) in [6, 6.07) is 10.4. The highest BCUT2D eigenvalue weighted by Gasteiger charge is 2.17. The zero-order valence-electron chi connectivity index (χ0n) is 14.6. The number of unbranched alkanes of at least 4 members (excludes halogenated alkanes) is 1. The van der Waals surface area contributed by atoms with Gasteiger partial charge in [0, 0.05) is 10.7 Å². The third-order valence-corrected chi connectivity index (χ3v) is 5.06. The average molecular weight is 411 g/mol. The van der Waals surface area contributed by atoms with Crippen molar-refractivity contribution in [2.24, 2.45) is 0 Å². The Hall–Kier alpha value is -2.58. The van der Waals surface area contributed by atoms with Crippen molar-refractivity contribution in [3.8, 4) is 0 Å². The standard InChI is InChI=1S/C18H19ClN2O5S/c1-2-3-12-26-17(22)13-4-8-15(9-5-13)20-18(23)21-27(24,25)16-10-6-14(19)7-11-16/h4-11H,2-3,12H2,1H3,(H2,20,21,23). The maximum Gasteiger partial charge on any atom is 0.338 e. The maximum atomic E-state index is 12.1. The molecule has 2 aromatic carbocycles. The molecule has 0 aliphatic rings. The molecule has 2 N–H and O–H groups in total.